The Balaban J connectivity index is 1.57. The fraction of sp³-hybridized carbons (Fsp3) is 0.391. The number of hydrogen-bond donors (Lipinski definition) is 1. The van der Waals surface area contributed by atoms with Gasteiger partial charge in [0.1, 0.15) is 0 Å². The van der Waals surface area contributed by atoms with Crippen LogP contribution in [0.4, 0.5) is 0 Å². The van der Waals surface area contributed by atoms with E-state index < -0.39 is 5.97 Å². The van der Waals surface area contributed by atoms with Crippen LogP contribution < -0.4 is 15.2 Å². The number of carbonyl (C=O) groups excluding carboxylic acids is 1. The van der Waals surface area contributed by atoms with Crippen molar-refractivity contribution in [2.45, 2.75) is 39.7 Å². The number of aromatic amines is 1. The summed E-state index contributed by atoms with van der Waals surface area (Å²) < 4.78 is 18.4. The maximum absolute atomic E-state index is 12.4. The molecule has 0 aliphatic carbocycles. The van der Waals surface area contributed by atoms with Crippen LogP contribution >= 0.6 is 0 Å². The first-order valence-electron chi connectivity index (χ1n) is 10.4. The highest BCUT2D eigenvalue weighted by Crippen LogP contribution is 2.29. The molecule has 0 bridgehead atoms. The molecule has 160 valence electrons. The molecule has 0 saturated heterocycles. The molecule has 7 heteroatoms. The van der Waals surface area contributed by atoms with Crippen LogP contribution in [0.5, 0.6) is 11.5 Å². The zero-order valence-corrected chi connectivity index (χ0v) is 17.5. The van der Waals surface area contributed by atoms with E-state index in [1.807, 2.05) is 31.2 Å². The van der Waals surface area contributed by atoms with Crippen LogP contribution in [0.1, 0.15) is 43.5 Å². The number of nitrogens with one attached hydrogen (secondary N) is 1. The quantitative estimate of drug-likeness (QED) is 0.378. The van der Waals surface area contributed by atoms with Crippen LogP contribution in [0.2, 0.25) is 0 Å². The SMILES string of the molecule is CCCCOc1ccc(C(=O)OCCCn2c(=O)[nH]c3ccccc32)cc1OCC. The van der Waals surface area contributed by atoms with E-state index in [1.165, 1.54) is 0 Å². The molecule has 3 aromatic rings. The lowest BCUT2D eigenvalue weighted by atomic mass is 10.2. The van der Waals surface area contributed by atoms with Crippen LogP contribution in [0.15, 0.2) is 47.3 Å². The largest absolute Gasteiger partial charge is 0.490 e. The van der Waals surface area contributed by atoms with Crippen molar-refractivity contribution in [2.75, 3.05) is 19.8 Å². The summed E-state index contributed by atoms with van der Waals surface area (Å²) in [5.74, 6) is 0.733. The number of unbranched alkanes of at least 4 members (excludes halogenated alkanes) is 1. The topological polar surface area (TPSA) is 82.5 Å². The number of imidazole rings is 1. The fourth-order valence-electron chi connectivity index (χ4n) is 3.15. The molecular weight excluding hydrogens is 384 g/mol. The minimum atomic E-state index is -0.428. The minimum absolute atomic E-state index is 0.164. The van der Waals surface area contributed by atoms with Crippen LogP contribution in [-0.4, -0.2) is 35.3 Å². The van der Waals surface area contributed by atoms with Gasteiger partial charge in [-0.05, 0) is 50.1 Å². The molecule has 0 amide bonds. The van der Waals surface area contributed by atoms with Gasteiger partial charge in [-0.25, -0.2) is 9.59 Å². The lowest BCUT2D eigenvalue weighted by Gasteiger charge is -2.13. The number of aryl methyl sites for hydroxylation is 1. The standard InChI is InChI=1S/C23H28N2O5/c1-3-5-14-29-20-12-11-17(16-21(20)28-4-2)22(26)30-15-8-13-25-19-10-7-6-9-18(19)24-23(25)27/h6-7,9-12,16H,3-5,8,13-15H2,1-2H3,(H,24,27). The average molecular weight is 412 g/mol. The number of esters is 1. The molecule has 0 aliphatic heterocycles. The van der Waals surface area contributed by atoms with Crippen molar-refractivity contribution in [3.63, 3.8) is 0 Å². The molecule has 7 nitrogen and oxygen atoms in total. The van der Waals surface area contributed by atoms with E-state index in [2.05, 4.69) is 11.9 Å². The number of H-pyrrole nitrogens is 1. The number of hydrogen-bond acceptors (Lipinski definition) is 5. The van der Waals surface area contributed by atoms with Crippen molar-refractivity contribution in [3.8, 4) is 11.5 Å². The molecular formula is C23H28N2O5. The number of para-hydroxylation sites is 2. The molecule has 1 heterocycles. The lowest BCUT2D eigenvalue weighted by molar-refractivity contribution is 0.0495. The normalized spacial score (nSPS) is 10.9. The molecule has 1 aromatic heterocycles. The first kappa shape index (κ1) is 21.5. The fourth-order valence-corrected chi connectivity index (χ4v) is 3.15. The van der Waals surface area contributed by atoms with Gasteiger partial charge in [-0.3, -0.25) is 4.57 Å². The van der Waals surface area contributed by atoms with Crippen LogP contribution in [-0.2, 0) is 11.3 Å². The van der Waals surface area contributed by atoms with Crippen molar-refractivity contribution >= 4 is 17.0 Å². The Bertz CT molecular complexity index is 1040. The van der Waals surface area contributed by atoms with Crippen LogP contribution in [0.25, 0.3) is 11.0 Å². The van der Waals surface area contributed by atoms with Gasteiger partial charge in [0.15, 0.2) is 11.5 Å². The van der Waals surface area contributed by atoms with Gasteiger partial charge in [-0.1, -0.05) is 25.5 Å². The second kappa shape index (κ2) is 10.5. The first-order chi connectivity index (χ1) is 14.6. The predicted octanol–water partition coefficient (Wildman–Crippen LogP) is 4.15. The average Bonchev–Trinajstić information content (AvgIpc) is 3.07. The van der Waals surface area contributed by atoms with E-state index in [9.17, 15) is 9.59 Å². The lowest BCUT2D eigenvalue weighted by Crippen LogP contribution is -2.18. The van der Waals surface area contributed by atoms with Gasteiger partial charge < -0.3 is 19.2 Å². The van der Waals surface area contributed by atoms with E-state index in [-0.39, 0.29) is 12.3 Å². The van der Waals surface area contributed by atoms with Gasteiger partial charge in [0.25, 0.3) is 0 Å². The maximum atomic E-state index is 12.4. The second-order valence-corrected chi connectivity index (χ2v) is 6.88. The van der Waals surface area contributed by atoms with E-state index in [1.54, 1.807) is 22.8 Å². The van der Waals surface area contributed by atoms with Crippen molar-refractivity contribution in [3.05, 3.63) is 58.5 Å². The number of carbonyl (C=O) groups is 1. The third-order valence-corrected chi connectivity index (χ3v) is 4.68. The zero-order chi connectivity index (χ0) is 21.3. The van der Waals surface area contributed by atoms with Crippen molar-refractivity contribution in [1.82, 2.24) is 9.55 Å². The van der Waals surface area contributed by atoms with E-state index in [0.29, 0.717) is 43.2 Å². The third kappa shape index (κ3) is 5.23. The monoisotopic (exact) mass is 412 g/mol. The highest BCUT2D eigenvalue weighted by atomic mass is 16.5. The second-order valence-electron chi connectivity index (χ2n) is 6.88. The van der Waals surface area contributed by atoms with Crippen LogP contribution in [0.3, 0.4) is 0 Å². The maximum Gasteiger partial charge on any atom is 0.338 e. The Morgan fingerprint density at radius 2 is 1.83 bits per heavy atom. The Morgan fingerprint density at radius 1 is 1.00 bits per heavy atom. The molecule has 1 N–H and O–H groups in total. The molecule has 3 rings (SSSR count). The van der Waals surface area contributed by atoms with Crippen molar-refractivity contribution in [2.24, 2.45) is 0 Å². The molecule has 2 aromatic carbocycles. The Morgan fingerprint density at radius 3 is 2.63 bits per heavy atom. The Labute approximate surface area is 175 Å². The summed E-state index contributed by atoms with van der Waals surface area (Å²) in [4.78, 5) is 27.3. The first-order valence-corrected chi connectivity index (χ1v) is 10.4. The molecule has 0 atom stereocenters. The number of benzene rings is 2. The number of nitrogens with zero attached hydrogens (tertiary/aromatic N) is 1. The summed E-state index contributed by atoms with van der Waals surface area (Å²) in [5.41, 5.74) is 1.88. The van der Waals surface area contributed by atoms with E-state index in [0.717, 1.165) is 23.9 Å². The smallest absolute Gasteiger partial charge is 0.338 e. The van der Waals surface area contributed by atoms with Gasteiger partial charge in [0, 0.05) is 6.54 Å². The van der Waals surface area contributed by atoms with Gasteiger partial charge >= 0.3 is 11.7 Å². The van der Waals surface area contributed by atoms with Crippen LogP contribution in [0, 0.1) is 0 Å². The molecule has 0 aliphatic rings. The zero-order valence-electron chi connectivity index (χ0n) is 17.5. The molecule has 0 spiro atoms. The summed E-state index contributed by atoms with van der Waals surface area (Å²) in [7, 11) is 0. The van der Waals surface area contributed by atoms with Crippen molar-refractivity contribution < 1.29 is 19.0 Å². The summed E-state index contributed by atoms with van der Waals surface area (Å²) in [5, 5.41) is 0. The Kier molecular flexibility index (Phi) is 7.54. The molecule has 0 fully saturated rings. The molecule has 0 saturated carbocycles. The Hall–Kier alpha value is -3.22. The van der Waals surface area contributed by atoms with Gasteiger partial charge in [0.05, 0.1) is 36.4 Å². The predicted molar refractivity (Wildman–Crippen MR) is 115 cm³/mol. The van der Waals surface area contributed by atoms with Crippen molar-refractivity contribution in [1.29, 1.82) is 0 Å². The van der Waals surface area contributed by atoms with Gasteiger partial charge in [-0.15, -0.1) is 0 Å². The van der Waals surface area contributed by atoms with Gasteiger partial charge in [0.2, 0.25) is 0 Å². The highest BCUT2D eigenvalue weighted by molar-refractivity contribution is 5.90. The van der Waals surface area contributed by atoms with Gasteiger partial charge in [-0.2, -0.15) is 0 Å². The third-order valence-electron chi connectivity index (χ3n) is 4.68. The summed E-state index contributed by atoms with van der Waals surface area (Å²) >= 11 is 0. The number of fused-ring (bicyclic) bond motifs is 1. The molecule has 30 heavy (non-hydrogen) atoms. The number of aromatic nitrogens is 2. The summed E-state index contributed by atoms with van der Waals surface area (Å²) in [6, 6.07) is 12.6. The molecule has 0 unspecified atom stereocenters. The number of rotatable bonds is 11. The van der Waals surface area contributed by atoms with E-state index in [4.69, 9.17) is 14.2 Å². The summed E-state index contributed by atoms with van der Waals surface area (Å²) in [6.07, 6.45) is 2.53. The highest BCUT2D eigenvalue weighted by Gasteiger charge is 2.13. The summed E-state index contributed by atoms with van der Waals surface area (Å²) in [6.45, 7) is 5.73. The number of ether oxygens (including phenoxy) is 3. The molecule has 0 radical (unpaired) electrons. The minimum Gasteiger partial charge on any atom is -0.490 e. The van der Waals surface area contributed by atoms with E-state index >= 15 is 0 Å².